The molecule has 0 bridgehead atoms. The van der Waals surface area contributed by atoms with Gasteiger partial charge in [-0.25, -0.2) is 0 Å². The number of thioether (sulfide) groups is 1. The van der Waals surface area contributed by atoms with Crippen molar-refractivity contribution in [1.82, 2.24) is 5.10 Å². The van der Waals surface area contributed by atoms with Crippen molar-refractivity contribution in [1.29, 1.82) is 0 Å². The molecule has 0 fully saturated rings. The summed E-state index contributed by atoms with van der Waals surface area (Å²) in [6, 6.07) is 8.20. The van der Waals surface area contributed by atoms with Crippen molar-refractivity contribution in [2.75, 3.05) is 6.26 Å². The van der Waals surface area contributed by atoms with Crippen LogP contribution in [-0.4, -0.2) is 11.4 Å². The molecule has 2 nitrogen and oxygen atoms in total. The number of hydrogen-bond donors (Lipinski definition) is 0. The third-order valence-electron chi connectivity index (χ3n) is 1.96. The topological polar surface area (TPSA) is 16.8 Å². The fourth-order valence-corrected chi connectivity index (χ4v) is 2.02. The second kappa shape index (κ2) is 3.34. The van der Waals surface area contributed by atoms with Gasteiger partial charge >= 0.3 is 0 Å². The van der Waals surface area contributed by atoms with E-state index in [1.54, 1.807) is 11.8 Å². The number of rotatable bonds is 1. The minimum Gasteiger partial charge on any atom is -0.123 e. The first-order valence-corrected chi connectivity index (χ1v) is 5.33. The van der Waals surface area contributed by atoms with Crippen molar-refractivity contribution in [3.05, 3.63) is 30.5 Å². The first-order valence-electron chi connectivity index (χ1n) is 4.11. The Balaban J connectivity index is 2.81. The first-order chi connectivity index (χ1) is 6.31. The molecule has 1 aromatic heterocycles. The van der Waals surface area contributed by atoms with Gasteiger partial charge in [0.05, 0.1) is 4.90 Å². The third-order valence-corrected chi connectivity index (χ3v) is 2.72. The van der Waals surface area contributed by atoms with Crippen molar-refractivity contribution in [3.8, 4) is 0 Å². The van der Waals surface area contributed by atoms with Crippen molar-refractivity contribution in [3.63, 3.8) is 0 Å². The summed E-state index contributed by atoms with van der Waals surface area (Å²) in [6.45, 7) is 0. The van der Waals surface area contributed by atoms with Gasteiger partial charge in [0.15, 0.2) is 7.05 Å². The second-order valence-electron chi connectivity index (χ2n) is 2.89. The molecule has 1 heterocycles. The lowest BCUT2D eigenvalue weighted by Gasteiger charge is -1.98. The van der Waals surface area contributed by atoms with Crippen molar-refractivity contribution in [2.45, 2.75) is 4.90 Å². The molecule has 0 N–H and O–H groups in total. The van der Waals surface area contributed by atoms with Gasteiger partial charge in [-0.1, -0.05) is 22.9 Å². The largest absolute Gasteiger partial charge is 0.210 e. The van der Waals surface area contributed by atoms with Gasteiger partial charge < -0.3 is 0 Å². The molecule has 2 rings (SSSR count). The zero-order valence-corrected chi connectivity index (χ0v) is 8.51. The lowest BCUT2D eigenvalue weighted by molar-refractivity contribution is -0.730. The molecule has 0 radical (unpaired) electrons. The smallest absolute Gasteiger partial charge is 0.123 e. The van der Waals surface area contributed by atoms with Crippen LogP contribution in [0.5, 0.6) is 0 Å². The molecule has 13 heavy (non-hydrogen) atoms. The van der Waals surface area contributed by atoms with Crippen LogP contribution in [0.4, 0.5) is 0 Å². The fraction of sp³-hybridized carbons (Fsp3) is 0.200. The van der Waals surface area contributed by atoms with Gasteiger partial charge in [-0.3, -0.25) is 0 Å². The Kier molecular flexibility index (Phi) is 2.19. The highest BCUT2D eigenvalue weighted by molar-refractivity contribution is 7.98. The van der Waals surface area contributed by atoms with Gasteiger partial charge in [-0.05, 0) is 17.4 Å². The molecule has 0 spiro atoms. The Morgan fingerprint density at radius 1 is 1.31 bits per heavy atom. The van der Waals surface area contributed by atoms with E-state index in [2.05, 4.69) is 17.4 Å². The summed E-state index contributed by atoms with van der Waals surface area (Å²) in [7, 11) is 1.95. The van der Waals surface area contributed by atoms with E-state index in [0.717, 1.165) is 5.52 Å². The Morgan fingerprint density at radius 2 is 2.08 bits per heavy atom. The van der Waals surface area contributed by atoms with Crippen LogP contribution in [0.15, 0.2) is 35.4 Å². The van der Waals surface area contributed by atoms with E-state index in [0.29, 0.717) is 0 Å². The summed E-state index contributed by atoms with van der Waals surface area (Å²) in [5, 5.41) is 5.62. The van der Waals surface area contributed by atoms with Gasteiger partial charge in [0.1, 0.15) is 5.52 Å². The zero-order chi connectivity index (χ0) is 9.26. The van der Waals surface area contributed by atoms with Gasteiger partial charge in [-0.2, -0.15) is 0 Å². The van der Waals surface area contributed by atoms with Gasteiger partial charge in [-0.15, -0.1) is 11.8 Å². The molecule has 3 heteroatoms. The number of aryl methyl sites for hydroxylation is 1. The van der Waals surface area contributed by atoms with Crippen LogP contribution in [0.1, 0.15) is 0 Å². The van der Waals surface area contributed by atoms with E-state index in [-0.39, 0.29) is 0 Å². The minimum atomic E-state index is 1.05. The molecule has 0 aliphatic heterocycles. The normalized spacial score (nSPS) is 10.6. The molecule has 0 amide bonds. The summed E-state index contributed by atoms with van der Waals surface area (Å²) in [5.74, 6) is 0. The van der Waals surface area contributed by atoms with Gasteiger partial charge in [0, 0.05) is 5.39 Å². The van der Waals surface area contributed by atoms with E-state index in [9.17, 15) is 0 Å². The van der Waals surface area contributed by atoms with Crippen molar-refractivity contribution < 1.29 is 4.68 Å². The van der Waals surface area contributed by atoms with Crippen LogP contribution in [0.25, 0.3) is 10.9 Å². The van der Waals surface area contributed by atoms with Gasteiger partial charge in [0.2, 0.25) is 6.20 Å². The number of nitrogens with zero attached hydrogens (tertiary/aromatic N) is 2. The second-order valence-corrected chi connectivity index (χ2v) is 3.74. The lowest BCUT2D eigenvalue weighted by Crippen LogP contribution is -2.32. The maximum atomic E-state index is 4.39. The predicted octanol–water partition coefficient (Wildman–Crippen LogP) is 1.78. The van der Waals surface area contributed by atoms with Crippen LogP contribution in [-0.2, 0) is 7.05 Å². The highest BCUT2D eigenvalue weighted by Crippen LogP contribution is 2.22. The molecule has 1 aromatic carbocycles. The average molecular weight is 191 g/mol. The summed E-state index contributed by atoms with van der Waals surface area (Å²) < 4.78 is 1.86. The zero-order valence-electron chi connectivity index (χ0n) is 7.69. The van der Waals surface area contributed by atoms with E-state index in [1.165, 1.54) is 10.3 Å². The number of aromatic nitrogens is 2. The highest BCUT2D eigenvalue weighted by atomic mass is 32.2. The minimum absolute atomic E-state index is 1.05. The molecule has 66 valence electrons. The van der Waals surface area contributed by atoms with Crippen LogP contribution < -0.4 is 4.68 Å². The van der Waals surface area contributed by atoms with Crippen molar-refractivity contribution >= 4 is 22.7 Å². The average Bonchev–Trinajstić information content (AvgIpc) is 2.16. The monoisotopic (exact) mass is 191 g/mol. The van der Waals surface area contributed by atoms with Crippen LogP contribution in [0.3, 0.4) is 0 Å². The van der Waals surface area contributed by atoms with E-state index >= 15 is 0 Å². The summed E-state index contributed by atoms with van der Waals surface area (Å²) >= 11 is 1.75. The molecule has 0 saturated carbocycles. The standard InChI is InChI=1S/C10H11N2S/c1-12-7-10(13-2)8-5-3-4-6-9(8)11-12/h3-7H,1-2H3/q+1. The molecular formula is C10H11N2S+. The molecule has 0 aliphatic carbocycles. The van der Waals surface area contributed by atoms with E-state index in [1.807, 2.05) is 36.1 Å². The van der Waals surface area contributed by atoms with E-state index in [4.69, 9.17) is 0 Å². The first kappa shape index (κ1) is 8.51. The molecular weight excluding hydrogens is 180 g/mol. The highest BCUT2D eigenvalue weighted by Gasteiger charge is 2.06. The van der Waals surface area contributed by atoms with Crippen LogP contribution >= 0.6 is 11.8 Å². The fourth-order valence-electron chi connectivity index (χ4n) is 1.37. The van der Waals surface area contributed by atoms with Crippen molar-refractivity contribution in [2.24, 2.45) is 7.05 Å². The molecule has 0 saturated heterocycles. The third kappa shape index (κ3) is 1.52. The van der Waals surface area contributed by atoms with Crippen LogP contribution in [0, 0.1) is 0 Å². The Labute approximate surface area is 81.6 Å². The Morgan fingerprint density at radius 3 is 2.85 bits per heavy atom. The number of fused-ring (bicyclic) bond motifs is 1. The maximum Gasteiger partial charge on any atom is 0.210 e. The maximum absolute atomic E-state index is 4.39. The summed E-state index contributed by atoms with van der Waals surface area (Å²) in [5.41, 5.74) is 1.05. The molecule has 2 aromatic rings. The number of benzene rings is 1. The lowest BCUT2D eigenvalue weighted by atomic mass is 10.2. The molecule has 0 atom stereocenters. The predicted molar refractivity (Wildman–Crippen MR) is 54.7 cm³/mol. The Hall–Kier alpha value is -1.09. The van der Waals surface area contributed by atoms with Crippen LogP contribution in [0.2, 0.25) is 0 Å². The number of hydrogen-bond acceptors (Lipinski definition) is 2. The quantitative estimate of drug-likeness (QED) is 0.505. The van der Waals surface area contributed by atoms with E-state index < -0.39 is 0 Å². The van der Waals surface area contributed by atoms with Gasteiger partial charge in [0.25, 0.3) is 0 Å². The summed E-state index contributed by atoms with van der Waals surface area (Å²) in [4.78, 5) is 1.27. The Bertz CT molecular complexity index is 440. The molecule has 0 aliphatic rings. The molecule has 0 unspecified atom stereocenters. The summed E-state index contributed by atoms with van der Waals surface area (Å²) in [6.07, 6.45) is 4.13. The SMILES string of the molecule is CSc1c[n+](C)nc2ccccc12.